The molecule has 1 heterocycles. The summed E-state index contributed by atoms with van der Waals surface area (Å²) in [5, 5.41) is 2.47. The Morgan fingerprint density at radius 3 is 2.38 bits per heavy atom. The van der Waals surface area contributed by atoms with Gasteiger partial charge in [-0.25, -0.2) is 4.39 Å². The standard InChI is InChI=1S/C18H17FN2O3/c19-12-3-1-2-4-13(12)20-14(22)7-8-21-17(23)15-10-5-6-11(9-10)16(15)18(21)24/h1-6,10-11,15-16H,7-9H2,(H,20,22)/t10-,11-,15+,16+/m0/s1. The average molecular weight is 328 g/mol. The monoisotopic (exact) mass is 328 g/mol. The van der Waals surface area contributed by atoms with Crippen molar-refractivity contribution < 1.29 is 18.8 Å². The lowest BCUT2D eigenvalue weighted by atomic mass is 9.85. The van der Waals surface area contributed by atoms with Gasteiger partial charge in [-0.1, -0.05) is 24.3 Å². The van der Waals surface area contributed by atoms with Gasteiger partial charge in [0.2, 0.25) is 17.7 Å². The number of amides is 3. The predicted molar refractivity (Wildman–Crippen MR) is 84.1 cm³/mol. The summed E-state index contributed by atoms with van der Waals surface area (Å²) in [5.41, 5.74) is 0.0979. The molecule has 0 aromatic heterocycles. The molecule has 1 N–H and O–H groups in total. The van der Waals surface area contributed by atoms with Gasteiger partial charge in [0.15, 0.2) is 0 Å². The van der Waals surface area contributed by atoms with Crippen LogP contribution in [0.4, 0.5) is 10.1 Å². The highest BCUT2D eigenvalue weighted by molar-refractivity contribution is 6.06. The molecule has 3 aliphatic rings. The van der Waals surface area contributed by atoms with Gasteiger partial charge in [-0.15, -0.1) is 0 Å². The summed E-state index contributed by atoms with van der Waals surface area (Å²) in [5.74, 6) is -1.44. The highest BCUT2D eigenvalue weighted by Gasteiger charge is 2.58. The molecule has 24 heavy (non-hydrogen) atoms. The zero-order valence-corrected chi connectivity index (χ0v) is 12.9. The number of carbonyl (C=O) groups excluding carboxylic acids is 3. The van der Waals surface area contributed by atoms with Crippen LogP contribution in [0.5, 0.6) is 0 Å². The van der Waals surface area contributed by atoms with Crippen molar-refractivity contribution in [3.63, 3.8) is 0 Å². The Balaban J connectivity index is 1.38. The van der Waals surface area contributed by atoms with Crippen molar-refractivity contribution in [1.29, 1.82) is 0 Å². The molecule has 4 rings (SSSR count). The van der Waals surface area contributed by atoms with Crippen LogP contribution in [-0.2, 0) is 14.4 Å². The molecule has 5 nitrogen and oxygen atoms in total. The van der Waals surface area contributed by atoms with Crippen LogP contribution in [-0.4, -0.2) is 29.2 Å². The summed E-state index contributed by atoms with van der Waals surface area (Å²) in [6, 6.07) is 5.88. The van der Waals surface area contributed by atoms with Crippen molar-refractivity contribution in [2.45, 2.75) is 12.8 Å². The van der Waals surface area contributed by atoms with Crippen molar-refractivity contribution in [3.05, 3.63) is 42.2 Å². The molecule has 1 aromatic rings. The molecular formula is C18H17FN2O3. The first kappa shape index (κ1) is 15.1. The van der Waals surface area contributed by atoms with Gasteiger partial charge in [-0.3, -0.25) is 19.3 Å². The molecule has 1 saturated carbocycles. The highest BCUT2D eigenvalue weighted by atomic mass is 19.1. The minimum absolute atomic E-state index is 0.0337. The van der Waals surface area contributed by atoms with E-state index in [1.165, 1.54) is 23.1 Å². The van der Waals surface area contributed by atoms with Crippen LogP contribution < -0.4 is 5.32 Å². The van der Waals surface area contributed by atoms with E-state index >= 15 is 0 Å². The fourth-order valence-corrected chi connectivity index (χ4v) is 4.17. The number of likely N-dealkylation sites (tertiary alicyclic amines) is 1. The van der Waals surface area contributed by atoms with Gasteiger partial charge < -0.3 is 5.32 Å². The molecule has 124 valence electrons. The number of hydrogen-bond donors (Lipinski definition) is 1. The fourth-order valence-electron chi connectivity index (χ4n) is 4.17. The number of halogens is 1. The Hall–Kier alpha value is -2.50. The molecule has 2 aliphatic carbocycles. The largest absolute Gasteiger partial charge is 0.324 e. The third-order valence-electron chi connectivity index (χ3n) is 5.27. The lowest BCUT2D eigenvalue weighted by Crippen LogP contribution is -2.35. The van der Waals surface area contributed by atoms with Crippen LogP contribution in [0.25, 0.3) is 0 Å². The van der Waals surface area contributed by atoms with Gasteiger partial charge in [-0.2, -0.15) is 0 Å². The fraction of sp³-hybridized carbons (Fsp3) is 0.389. The SMILES string of the molecule is O=C(CCN1C(=O)[C@H]2[C@H](C1=O)[C@H]1C=C[C@H]2C1)Nc1ccccc1F. The summed E-state index contributed by atoms with van der Waals surface area (Å²) in [7, 11) is 0. The van der Waals surface area contributed by atoms with E-state index in [2.05, 4.69) is 5.32 Å². The third-order valence-corrected chi connectivity index (χ3v) is 5.27. The Bertz CT molecular complexity index is 730. The van der Waals surface area contributed by atoms with E-state index in [0.29, 0.717) is 0 Å². The van der Waals surface area contributed by atoms with Crippen molar-refractivity contribution >= 4 is 23.4 Å². The molecule has 3 amide bonds. The predicted octanol–water partition coefficient (Wildman–Crippen LogP) is 1.96. The number of hydrogen-bond acceptors (Lipinski definition) is 3. The minimum atomic E-state index is -0.517. The van der Waals surface area contributed by atoms with Gasteiger partial charge in [-0.05, 0) is 30.4 Å². The Morgan fingerprint density at radius 1 is 1.12 bits per heavy atom. The topological polar surface area (TPSA) is 66.5 Å². The van der Waals surface area contributed by atoms with Crippen molar-refractivity contribution in [2.75, 3.05) is 11.9 Å². The Morgan fingerprint density at radius 2 is 1.75 bits per heavy atom. The molecule has 1 saturated heterocycles. The second-order valence-corrected chi connectivity index (χ2v) is 6.61. The number of para-hydroxylation sites is 1. The number of nitrogens with zero attached hydrogens (tertiary/aromatic N) is 1. The number of imide groups is 1. The summed E-state index contributed by atoms with van der Waals surface area (Å²) in [4.78, 5) is 38.2. The zero-order valence-electron chi connectivity index (χ0n) is 12.9. The van der Waals surface area contributed by atoms with Crippen LogP contribution in [0.15, 0.2) is 36.4 Å². The molecule has 1 aromatic carbocycles. The normalized spacial score (nSPS) is 30.1. The minimum Gasteiger partial charge on any atom is -0.324 e. The Kier molecular flexibility index (Phi) is 3.48. The van der Waals surface area contributed by atoms with Gasteiger partial charge in [0.1, 0.15) is 5.82 Å². The van der Waals surface area contributed by atoms with E-state index in [0.717, 1.165) is 6.42 Å². The maximum atomic E-state index is 13.5. The molecule has 2 bridgehead atoms. The zero-order chi connectivity index (χ0) is 16.8. The lowest BCUT2D eigenvalue weighted by molar-refractivity contribution is -0.140. The first-order valence-electron chi connectivity index (χ1n) is 8.14. The number of anilines is 1. The number of allylic oxidation sites excluding steroid dienone is 2. The highest BCUT2D eigenvalue weighted by Crippen LogP contribution is 2.52. The van der Waals surface area contributed by atoms with E-state index in [1.807, 2.05) is 12.2 Å². The van der Waals surface area contributed by atoms with Gasteiger partial charge >= 0.3 is 0 Å². The maximum absolute atomic E-state index is 13.5. The van der Waals surface area contributed by atoms with Crippen molar-refractivity contribution in [1.82, 2.24) is 4.90 Å². The average Bonchev–Trinajstić information content (AvgIpc) is 3.23. The molecule has 0 unspecified atom stereocenters. The summed E-state index contributed by atoms with van der Waals surface area (Å²) >= 11 is 0. The van der Waals surface area contributed by atoms with Gasteiger partial charge in [0.05, 0.1) is 17.5 Å². The van der Waals surface area contributed by atoms with Crippen LogP contribution in [0.1, 0.15) is 12.8 Å². The van der Waals surface area contributed by atoms with E-state index < -0.39 is 11.7 Å². The van der Waals surface area contributed by atoms with Crippen LogP contribution in [0.3, 0.4) is 0 Å². The second kappa shape index (κ2) is 5.54. The smallest absolute Gasteiger partial charge is 0.233 e. The Labute approximate surface area is 138 Å². The van der Waals surface area contributed by atoms with E-state index in [4.69, 9.17) is 0 Å². The molecule has 6 heteroatoms. The number of carbonyl (C=O) groups is 3. The molecule has 1 aliphatic heterocycles. The van der Waals surface area contributed by atoms with Crippen LogP contribution in [0, 0.1) is 29.5 Å². The van der Waals surface area contributed by atoms with Crippen LogP contribution >= 0.6 is 0 Å². The first-order chi connectivity index (χ1) is 11.6. The number of benzene rings is 1. The quantitative estimate of drug-likeness (QED) is 0.679. The summed E-state index contributed by atoms with van der Waals surface area (Å²) in [6.07, 6.45) is 4.92. The van der Waals surface area contributed by atoms with Crippen molar-refractivity contribution in [2.24, 2.45) is 23.7 Å². The van der Waals surface area contributed by atoms with E-state index in [9.17, 15) is 18.8 Å². The van der Waals surface area contributed by atoms with Gasteiger partial charge in [0.25, 0.3) is 0 Å². The number of fused-ring (bicyclic) bond motifs is 5. The third kappa shape index (κ3) is 2.25. The first-order valence-corrected chi connectivity index (χ1v) is 8.14. The molecule has 2 fully saturated rings. The van der Waals surface area contributed by atoms with Crippen LogP contribution in [0.2, 0.25) is 0 Å². The summed E-state index contributed by atoms with van der Waals surface area (Å²) < 4.78 is 13.5. The number of rotatable bonds is 4. The maximum Gasteiger partial charge on any atom is 0.233 e. The van der Waals surface area contributed by atoms with Gasteiger partial charge in [0, 0.05) is 13.0 Å². The van der Waals surface area contributed by atoms with E-state index in [-0.39, 0.29) is 54.1 Å². The molecule has 0 radical (unpaired) electrons. The second-order valence-electron chi connectivity index (χ2n) is 6.61. The summed E-state index contributed by atoms with van der Waals surface area (Å²) in [6.45, 7) is 0.0460. The molecular weight excluding hydrogens is 311 g/mol. The van der Waals surface area contributed by atoms with E-state index in [1.54, 1.807) is 6.07 Å². The van der Waals surface area contributed by atoms with Crippen molar-refractivity contribution in [3.8, 4) is 0 Å². The lowest BCUT2D eigenvalue weighted by Gasteiger charge is -2.17. The molecule has 4 atom stereocenters. The molecule has 0 spiro atoms. The number of nitrogens with one attached hydrogen (secondary N) is 1.